The Kier molecular flexibility index (Phi) is 7.46. The third-order valence-electron chi connectivity index (χ3n) is 6.71. The van der Waals surface area contributed by atoms with E-state index in [1.54, 1.807) is 6.20 Å². The van der Waals surface area contributed by atoms with Crippen molar-refractivity contribution in [2.45, 2.75) is 47.0 Å². The molecule has 0 bridgehead atoms. The maximum Gasteiger partial charge on any atom is 0.257 e. The van der Waals surface area contributed by atoms with Gasteiger partial charge in [-0.15, -0.1) is 0 Å². The Morgan fingerprint density at radius 2 is 1.91 bits per heavy atom. The van der Waals surface area contributed by atoms with Gasteiger partial charge in [0.15, 0.2) is 0 Å². The number of amides is 2. The molecule has 1 fully saturated rings. The molecule has 2 amide bonds. The van der Waals surface area contributed by atoms with Gasteiger partial charge in [-0.3, -0.25) is 9.59 Å². The SMILES string of the molecule is CCc1cccc(NC(=O)C2CCN(c3c(C(=O)N(CC)CC)cnc4snc(C)c34)CC2)c1. The number of carbonyl (C=O) groups excluding carboxylic acids is 2. The van der Waals surface area contributed by atoms with E-state index >= 15 is 0 Å². The minimum atomic E-state index is -0.0532. The van der Waals surface area contributed by atoms with Gasteiger partial charge in [0.1, 0.15) is 4.83 Å². The maximum atomic E-state index is 13.4. The molecule has 4 rings (SSSR count). The van der Waals surface area contributed by atoms with E-state index in [1.165, 1.54) is 17.1 Å². The van der Waals surface area contributed by atoms with Crippen molar-refractivity contribution in [3.8, 4) is 0 Å². The highest BCUT2D eigenvalue weighted by Gasteiger charge is 2.30. The first-order chi connectivity index (χ1) is 16.5. The largest absolute Gasteiger partial charge is 0.370 e. The van der Waals surface area contributed by atoms with Crippen molar-refractivity contribution in [2.75, 3.05) is 36.4 Å². The lowest BCUT2D eigenvalue weighted by molar-refractivity contribution is -0.120. The summed E-state index contributed by atoms with van der Waals surface area (Å²) in [6.45, 7) is 10.8. The van der Waals surface area contributed by atoms with E-state index in [9.17, 15) is 9.59 Å². The van der Waals surface area contributed by atoms with Crippen molar-refractivity contribution in [2.24, 2.45) is 5.92 Å². The molecule has 7 nitrogen and oxygen atoms in total. The Hall–Kier alpha value is -3.00. The highest BCUT2D eigenvalue weighted by molar-refractivity contribution is 7.13. The summed E-state index contributed by atoms with van der Waals surface area (Å²) in [5, 5.41) is 4.06. The minimum Gasteiger partial charge on any atom is -0.370 e. The van der Waals surface area contributed by atoms with Gasteiger partial charge in [0.25, 0.3) is 5.91 Å². The number of aryl methyl sites for hydroxylation is 2. The third kappa shape index (κ3) is 4.78. The van der Waals surface area contributed by atoms with Crippen LogP contribution in [-0.2, 0) is 11.2 Å². The fourth-order valence-corrected chi connectivity index (χ4v) is 5.43. The summed E-state index contributed by atoms with van der Waals surface area (Å²) in [6, 6.07) is 8.04. The molecule has 1 aromatic carbocycles. The van der Waals surface area contributed by atoms with Gasteiger partial charge in [0.2, 0.25) is 5.91 Å². The van der Waals surface area contributed by atoms with Crippen LogP contribution in [0, 0.1) is 12.8 Å². The highest BCUT2D eigenvalue weighted by Crippen LogP contribution is 2.37. The van der Waals surface area contributed by atoms with Crippen molar-refractivity contribution < 1.29 is 9.59 Å². The molecule has 34 heavy (non-hydrogen) atoms. The average molecular weight is 480 g/mol. The molecule has 2 aromatic heterocycles. The lowest BCUT2D eigenvalue weighted by Crippen LogP contribution is -2.40. The van der Waals surface area contributed by atoms with Gasteiger partial charge in [-0.25, -0.2) is 4.98 Å². The zero-order valence-electron chi connectivity index (χ0n) is 20.4. The zero-order chi connectivity index (χ0) is 24.2. The van der Waals surface area contributed by atoms with E-state index in [-0.39, 0.29) is 17.7 Å². The van der Waals surface area contributed by atoms with E-state index in [4.69, 9.17) is 0 Å². The fourth-order valence-electron chi connectivity index (χ4n) is 4.68. The molecular formula is C26H33N5O2S. The quantitative estimate of drug-likeness (QED) is 0.522. The summed E-state index contributed by atoms with van der Waals surface area (Å²) in [5.74, 6) is 0.0127. The number of nitrogens with one attached hydrogen (secondary N) is 1. The number of rotatable bonds is 7. The van der Waals surface area contributed by atoms with Gasteiger partial charge in [0, 0.05) is 44.0 Å². The molecular weight excluding hydrogens is 446 g/mol. The number of fused-ring (bicyclic) bond motifs is 1. The first-order valence-electron chi connectivity index (χ1n) is 12.2. The van der Waals surface area contributed by atoms with Crippen molar-refractivity contribution in [3.63, 3.8) is 0 Å². The van der Waals surface area contributed by atoms with Gasteiger partial charge in [-0.1, -0.05) is 19.1 Å². The van der Waals surface area contributed by atoms with Crippen molar-refractivity contribution in [3.05, 3.63) is 47.3 Å². The summed E-state index contributed by atoms with van der Waals surface area (Å²) in [7, 11) is 0. The summed E-state index contributed by atoms with van der Waals surface area (Å²) >= 11 is 1.37. The molecule has 0 spiro atoms. The normalized spacial score (nSPS) is 14.4. The van der Waals surface area contributed by atoms with Crippen molar-refractivity contribution in [1.82, 2.24) is 14.3 Å². The molecule has 180 valence electrons. The second-order valence-corrected chi connectivity index (χ2v) is 9.50. The Bertz CT molecular complexity index is 1180. The molecule has 1 aliphatic rings. The first-order valence-corrected chi connectivity index (χ1v) is 12.9. The van der Waals surface area contributed by atoms with Crippen LogP contribution in [0.3, 0.4) is 0 Å². The van der Waals surface area contributed by atoms with Gasteiger partial charge < -0.3 is 15.1 Å². The molecule has 1 N–H and O–H groups in total. The van der Waals surface area contributed by atoms with Crippen LogP contribution in [0.1, 0.15) is 55.2 Å². The number of hydrogen-bond donors (Lipinski definition) is 1. The lowest BCUT2D eigenvalue weighted by atomic mass is 9.94. The molecule has 0 atom stereocenters. The summed E-state index contributed by atoms with van der Waals surface area (Å²) in [4.78, 5) is 35.8. The van der Waals surface area contributed by atoms with Gasteiger partial charge in [0.05, 0.1) is 22.3 Å². The molecule has 1 aliphatic heterocycles. The molecule has 8 heteroatoms. The van der Waals surface area contributed by atoms with Gasteiger partial charge in [-0.05, 0) is 69.3 Å². The standard InChI is InChI=1S/C26H33N5O2S/c1-5-18-9-8-10-20(15-18)28-24(32)19-11-13-31(14-12-19)23-21(26(33)30(6-2)7-3)16-27-25-22(23)17(4)29-34-25/h8-10,15-16,19H,5-7,11-14H2,1-4H3,(H,28,32). The number of nitrogens with zero attached hydrogens (tertiary/aromatic N) is 4. The fraction of sp³-hybridized carbons (Fsp3) is 0.462. The molecule has 0 radical (unpaired) electrons. The predicted molar refractivity (Wildman–Crippen MR) is 139 cm³/mol. The molecule has 0 aliphatic carbocycles. The molecule has 1 saturated heterocycles. The summed E-state index contributed by atoms with van der Waals surface area (Å²) < 4.78 is 4.50. The molecule has 0 saturated carbocycles. The number of hydrogen-bond acceptors (Lipinski definition) is 6. The van der Waals surface area contributed by atoms with Crippen LogP contribution in [0.15, 0.2) is 30.5 Å². The number of piperidine rings is 1. The number of carbonyl (C=O) groups is 2. The van der Waals surface area contributed by atoms with E-state index in [2.05, 4.69) is 32.6 Å². The van der Waals surface area contributed by atoms with Gasteiger partial charge in [-0.2, -0.15) is 4.37 Å². The lowest BCUT2D eigenvalue weighted by Gasteiger charge is -2.35. The second kappa shape index (κ2) is 10.5. The van der Waals surface area contributed by atoms with Crippen molar-refractivity contribution >= 4 is 44.9 Å². The van der Waals surface area contributed by atoms with E-state index in [0.29, 0.717) is 31.7 Å². The Labute approximate surface area is 205 Å². The first kappa shape index (κ1) is 24.1. The summed E-state index contributed by atoms with van der Waals surface area (Å²) in [5.41, 5.74) is 4.50. The van der Waals surface area contributed by atoms with Crippen LogP contribution in [0.25, 0.3) is 10.2 Å². The number of aromatic nitrogens is 2. The minimum absolute atomic E-state index is 0.00401. The Balaban J connectivity index is 1.55. The Morgan fingerprint density at radius 1 is 1.18 bits per heavy atom. The van der Waals surface area contributed by atoms with E-state index in [0.717, 1.165) is 46.5 Å². The summed E-state index contributed by atoms with van der Waals surface area (Å²) in [6.07, 6.45) is 4.11. The van der Waals surface area contributed by atoms with E-state index in [1.807, 2.05) is 43.9 Å². The topological polar surface area (TPSA) is 78.4 Å². The number of anilines is 2. The smallest absolute Gasteiger partial charge is 0.257 e. The van der Waals surface area contributed by atoms with Crippen LogP contribution in [0.4, 0.5) is 11.4 Å². The zero-order valence-corrected chi connectivity index (χ0v) is 21.2. The second-order valence-electron chi connectivity index (χ2n) is 8.75. The molecule has 0 unspecified atom stereocenters. The molecule has 3 heterocycles. The Morgan fingerprint density at radius 3 is 2.59 bits per heavy atom. The number of benzene rings is 1. The van der Waals surface area contributed by atoms with Crippen LogP contribution in [0.5, 0.6) is 0 Å². The monoisotopic (exact) mass is 479 g/mol. The van der Waals surface area contributed by atoms with Crippen molar-refractivity contribution in [1.29, 1.82) is 0 Å². The van der Waals surface area contributed by atoms with Gasteiger partial charge >= 0.3 is 0 Å². The van der Waals surface area contributed by atoms with Crippen LogP contribution >= 0.6 is 11.5 Å². The third-order valence-corrected chi connectivity index (χ3v) is 7.56. The van der Waals surface area contributed by atoms with Crippen LogP contribution in [0.2, 0.25) is 0 Å². The van der Waals surface area contributed by atoms with Crippen LogP contribution in [-0.4, -0.2) is 52.3 Å². The maximum absolute atomic E-state index is 13.4. The number of pyridine rings is 1. The van der Waals surface area contributed by atoms with Crippen LogP contribution < -0.4 is 10.2 Å². The highest BCUT2D eigenvalue weighted by atomic mass is 32.1. The predicted octanol–water partition coefficient (Wildman–Crippen LogP) is 4.90. The molecule has 3 aromatic rings. The average Bonchev–Trinajstić information content (AvgIpc) is 3.25. The van der Waals surface area contributed by atoms with E-state index < -0.39 is 0 Å².